The number of nitrogens with zero attached hydrogens (tertiary/aromatic N) is 2. The Morgan fingerprint density at radius 3 is 2.62 bits per heavy atom. The van der Waals surface area contributed by atoms with Crippen LogP contribution < -0.4 is 5.32 Å². The van der Waals surface area contributed by atoms with E-state index in [-0.39, 0.29) is 17.8 Å². The minimum atomic E-state index is -0.907. The first kappa shape index (κ1) is 14.0. The second-order valence-electron chi connectivity index (χ2n) is 6.01. The normalized spacial score (nSPS) is 28.5. The molecule has 2 saturated carbocycles. The summed E-state index contributed by atoms with van der Waals surface area (Å²) in [4.78, 5) is 23.6. The summed E-state index contributed by atoms with van der Waals surface area (Å²) in [5.74, 6) is -1.22. The molecule has 114 valence electrons. The van der Waals surface area contributed by atoms with Gasteiger partial charge in [0.15, 0.2) is 0 Å². The van der Waals surface area contributed by atoms with E-state index in [1.54, 1.807) is 0 Å². The van der Waals surface area contributed by atoms with E-state index >= 15 is 0 Å². The first-order valence-electron chi connectivity index (χ1n) is 7.45. The Morgan fingerprint density at radius 2 is 2.00 bits per heavy atom. The lowest BCUT2D eigenvalue weighted by Gasteiger charge is -2.13. The molecular weight excluding hydrogens is 274 g/mol. The van der Waals surface area contributed by atoms with Crippen molar-refractivity contribution in [1.82, 2.24) is 10.2 Å². The highest BCUT2D eigenvalue weighted by molar-refractivity contribution is 5.93. The zero-order valence-corrected chi connectivity index (χ0v) is 11.9. The minimum Gasteiger partial charge on any atom is -0.481 e. The van der Waals surface area contributed by atoms with Gasteiger partial charge < -0.3 is 9.52 Å². The molecule has 1 amide bonds. The van der Waals surface area contributed by atoms with Crippen molar-refractivity contribution >= 4 is 17.9 Å². The van der Waals surface area contributed by atoms with E-state index in [2.05, 4.69) is 15.5 Å². The quantitative estimate of drug-likeness (QED) is 0.860. The van der Waals surface area contributed by atoms with E-state index in [0.717, 1.165) is 19.3 Å². The summed E-state index contributed by atoms with van der Waals surface area (Å²) in [6.07, 6.45) is 4.12. The Balaban J connectivity index is 1.66. The lowest BCUT2D eigenvalue weighted by molar-refractivity contribution is -0.145. The lowest BCUT2D eigenvalue weighted by atomic mass is 9.95. The number of amides is 1. The van der Waals surface area contributed by atoms with Gasteiger partial charge in [-0.2, -0.15) is 0 Å². The molecule has 2 fully saturated rings. The number of carboxylic acid groups (broad SMARTS) is 1. The summed E-state index contributed by atoms with van der Waals surface area (Å²) < 4.78 is 5.39. The number of nitrogens with one attached hydrogen (secondary N) is 1. The van der Waals surface area contributed by atoms with E-state index in [9.17, 15) is 14.7 Å². The second-order valence-corrected chi connectivity index (χ2v) is 6.01. The minimum absolute atomic E-state index is 0.0750. The van der Waals surface area contributed by atoms with Crippen LogP contribution in [0.3, 0.4) is 0 Å². The molecule has 21 heavy (non-hydrogen) atoms. The van der Waals surface area contributed by atoms with Crippen LogP contribution in [-0.4, -0.2) is 27.2 Å². The van der Waals surface area contributed by atoms with E-state index in [1.165, 1.54) is 0 Å². The van der Waals surface area contributed by atoms with Crippen molar-refractivity contribution in [3.8, 4) is 0 Å². The summed E-state index contributed by atoms with van der Waals surface area (Å²) in [5, 5.41) is 19.5. The van der Waals surface area contributed by atoms with Crippen LogP contribution in [0.25, 0.3) is 0 Å². The van der Waals surface area contributed by atoms with Crippen LogP contribution in [0.5, 0.6) is 0 Å². The lowest BCUT2D eigenvalue weighted by Crippen LogP contribution is -2.30. The van der Waals surface area contributed by atoms with Gasteiger partial charge in [0.25, 0.3) is 0 Å². The molecule has 1 heterocycles. The Labute approximate surface area is 122 Å². The Kier molecular flexibility index (Phi) is 3.65. The number of rotatable bonds is 5. The van der Waals surface area contributed by atoms with Gasteiger partial charge in [0, 0.05) is 5.92 Å². The molecule has 0 aromatic carbocycles. The van der Waals surface area contributed by atoms with Gasteiger partial charge in [-0.1, -0.05) is 18.4 Å². The van der Waals surface area contributed by atoms with Gasteiger partial charge in [0.05, 0.1) is 11.8 Å². The van der Waals surface area contributed by atoms with Crippen molar-refractivity contribution in [3.63, 3.8) is 0 Å². The van der Waals surface area contributed by atoms with Crippen molar-refractivity contribution in [3.05, 3.63) is 5.89 Å². The van der Waals surface area contributed by atoms with Crippen molar-refractivity contribution < 1.29 is 19.1 Å². The van der Waals surface area contributed by atoms with Gasteiger partial charge in [0.1, 0.15) is 0 Å². The maximum atomic E-state index is 12.3. The molecule has 2 aliphatic carbocycles. The van der Waals surface area contributed by atoms with E-state index in [1.807, 2.05) is 6.92 Å². The van der Waals surface area contributed by atoms with Crippen LogP contribution in [0.4, 0.5) is 6.01 Å². The molecule has 2 N–H and O–H groups in total. The van der Waals surface area contributed by atoms with E-state index in [0.29, 0.717) is 24.7 Å². The maximum absolute atomic E-state index is 12.3. The largest absolute Gasteiger partial charge is 0.481 e. The average Bonchev–Trinajstić information content (AvgIpc) is 3.03. The number of carbonyl (C=O) groups is 2. The van der Waals surface area contributed by atoms with Crippen LogP contribution in [0.15, 0.2) is 4.42 Å². The number of aliphatic carboxylic acids is 1. The summed E-state index contributed by atoms with van der Waals surface area (Å²) in [6, 6.07) is 0.0750. The molecule has 0 saturated heterocycles. The molecule has 0 aliphatic heterocycles. The fraction of sp³-hybridized carbons (Fsp3) is 0.714. The molecule has 7 nitrogen and oxygen atoms in total. The molecule has 3 rings (SSSR count). The third-order valence-corrected chi connectivity index (χ3v) is 4.49. The van der Waals surface area contributed by atoms with Gasteiger partial charge in [-0.15, -0.1) is 5.10 Å². The fourth-order valence-corrected chi connectivity index (χ4v) is 3.02. The van der Waals surface area contributed by atoms with Crippen LogP contribution in [0.1, 0.15) is 50.8 Å². The summed E-state index contributed by atoms with van der Waals surface area (Å²) in [6.45, 7) is 2.02. The first-order chi connectivity index (χ1) is 10.1. The molecule has 0 bridgehead atoms. The number of aromatic nitrogens is 2. The Bertz CT molecular complexity index is 552. The Hall–Kier alpha value is -1.92. The van der Waals surface area contributed by atoms with Crippen molar-refractivity contribution in [1.29, 1.82) is 0 Å². The van der Waals surface area contributed by atoms with Crippen LogP contribution in [-0.2, 0) is 9.59 Å². The van der Waals surface area contributed by atoms with Crippen molar-refractivity contribution in [2.45, 2.75) is 44.9 Å². The first-order valence-corrected chi connectivity index (χ1v) is 7.45. The number of anilines is 1. The van der Waals surface area contributed by atoms with Gasteiger partial charge in [-0.25, -0.2) is 0 Å². The molecule has 1 aromatic heterocycles. The smallest absolute Gasteiger partial charge is 0.322 e. The molecular formula is C14H19N3O4. The molecule has 0 radical (unpaired) electrons. The molecule has 0 spiro atoms. The van der Waals surface area contributed by atoms with Gasteiger partial charge in [0.2, 0.25) is 11.8 Å². The predicted octanol–water partition coefficient (Wildman–Crippen LogP) is 2.02. The third-order valence-electron chi connectivity index (χ3n) is 4.49. The zero-order chi connectivity index (χ0) is 15.0. The third kappa shape index (κ3) is 2.91. The number of carbonyl (C=O) groups excluding carboxylic acids is 1. The summed E-state index contributed by atoms with van der Waals surface area (Å²) >= 11 is 0. The average molecular weight is 293 g/mol. The van der Waals surface area contributed by atoms with E-state index < -0.39 is 17.8 Å². The number of hydrogen-bond donors (Lipinski definition) is 2. The van der Waals surface area contributed by atoms with Crippen LogP contribution in [0, 0.1) is 17.8 Å². The highest BCUT2D eigenvalue weighted by Crippen LogP contribution is 2.40. The predicted molar refractivity (Wildman–Crippen MR) is 72.5 cm³/mol. The summed E-state index contributed by atoms with van der Waals surface area (Å²) in [7, 11) is 0. The van der Waals surface area contributed by atoms with Crippen LogP contribution >= 0.6 is 0 Å². The maximum Gasteiger partial charge on any atom is 0.322 e. The standard InChI is InChI=1S/C14H19N3O4/c1-2-7-5-9(10(6-7)13(19)20)11(18)15-14-17-16-12(21-14)8-3-4-8/h7-10H,2-6H2,1H3,(H,19,20)(H,15,17,18)/t7?,9-,10+/m0/s1. The zero-order valence-electron chi connectivity index (χ0n) is 11.9. The highest BCUT2D eigenvalue weighted by Gasteiger charge is 2.42. The van der Waals surface area contributed by atoms with Crippen molar-refractivity contribution in [2.24, 2.45) is 17.8 Å². The van der Waals surface area contributed by atoms with Gasteiger partial charge in [-0.3, -0.25) is 14.9 Å². The van der Waals surface area contributed by atoms with Crippen LogP contribution in [0.2, 0.25) is 0 Å². The topological polar surface area (TPSA) is 105 Å². The molecule has 7 heteroatoms. The second kappa shape index (κ2) is 5.46. The summed E-state index contributed by atoms with van der Waals surface area (Å²) in [5.41, 5.74) is 0. The highest BCUT2D eigenvalue weighted by atomic mass is 16.4. The molecule has 3 atom stereocenters. The Morgan fingerprint density at radius 1 is 1.29 bits per heavy atom. The monoisotopic (exact) mass is 293 g/mol. The number of carboxylic acids is 1. The SMILES string of the molecule is CCC1C[C@H](C(=O)Nc2nnc(C3CC3)o2)[C@H](C(=O)O)C1. The van der Waals surface area contributed by atoms with Gasteiger partial charge >= 0.3 is 12.0 Å². The molecule has 1 aromatic rings. The van der Waals surface area contributed by atoms with Crippen molar-refractivity contribution in [2.75, 3.05) is 5.32 Å². The molecule has 2 aliphatic rings. The fourth-order valence-electron chi connectivity index (χ4n) is 3.02. The van der Waals surface area contributed by atoms with E-state index in [4.69, 9.17) is 4.42 Å². The molecule has 1 unspecified atom stereocenters. The van der Waals surface area contributed by atoms with Gasteiger partial charge in [-0.05, 0) is 31.6 Å². The number of hydrogen-bond acceptors (Lipinski definition) is 5.